The second-order valence-corrected chi connectivity index (χ2v) is 5.03. The van der Waals surface area contributed by atoms with Gasteiger partial charge in [0.25, 0.3) is 0 Å². The highest BCUT2D eigenvalue weighted by Gasteiger charge is 2.38. The van der Waals surface area contributed by atoms with Crippen LogP contribution in [-0.4, -0.2) is 58.9 Å². The van der Waals surface area contributed by atoms with Gasteiger partial charge >= 0.3 is 5.97 Å². The Kier molecular flexibility index (Phi) is 5.68. The Labute approximate surface area is 128 Å². The highest BCUT2D eigenvalue weighted by atomic mass is 16.5. The Hall–Kier alpha value is -1.73. The number of benzene rings is 1. The first-order chi connectivity index (χ1) is 10.5. The maximum Gasteiger partial charge on any atom is 0.338 e. The summed E-state index contributed by atoms with van der Waals surface area (Å²) in [5, 5.41) is 29.6. The Balaban J connectivity index is 2.04. The molecular formula is C16H20O6. The third-order valence-corrected chi connectivity index (χ3v) is 3.51. The average molecular weight is 308 g/mol. The fraction of sp³-hybridized carbons (Fsp3) is 0.438. The summed E-state index contributed by atoms with van der Waals surface area (Å²) in [6, 6.07) is 8.47. The maximum atomic E-state index is 11.9. The van der Waals surface area contributed by atoms with Crippen molar-refractivity contribution >= 4 is 5.97 Å². The van der Waals surface area contributed by atoms with Crippen LogP contribution in [0.1, 0.15) is 17.3 Å². The van der Waals surface area contributed by atoms with Crippen molar-refractivity contribution in [1.29, 1.82) is 0 Å². The lowest BCUT2D eigenvalue weighted by molar-refractivity contribution is -0.111. The van der Waals surface area contributed by atoms with Crippen molar-refractivity contribution in [3.05, 3.63) is 47.5 Å². The van der Waals surface area contributed by atoms with Crippen LogP contribution in [-0.2, 0) is 9.47 Å². The molecule has 0 saturated carbocycles. The van der Waals surface area contributed by atoms with Crippen molar-refractivity contribution in [3.8, 4) is 0 Å². The van der Waals surface area contributed by atoms with E-state index in [1.54, 1.807) is 37.3 Å². The fourth-order valence-corrected chi connectivity index (χ4v) is 2.29. The van der Waals surface area contributed by atoms with Gasteiger partial charge in [0.1, 0.15) is 31.0 Å². The van der Waals surface area contributed by atoms with Gasteiger partial charge in [-0.3, -0.25) is 0 Å². The standard InChI is InChI=1S/C16H20O6/c1-2-21-12-8-11(13(17)15(19)14(12)18)9-22-16(20)10-6-4-3-5-7-10/h3-8,12-15,17-19H,2,9H2,1H3/t12-,13-,14+,15+/m1/s1. The van der Waals surface area contributed by atoms with Gasteiger partial charge in [0.2, 0.25) is 0 Å². The summed E-state index contributed by atoms with van der Waals surface area (Å²) >= 11 is 0. The third-order valence-electron chi connectivity index (χ3n) is 3.51. The molecule has 0 aromatic heterocycles. The lowest BCUT2D eigenvalue weighted by atomic mass is 9.90. The molecule has 2 rings (SSSR count). The van der Waals surface area contributed by atoms with Gasteiger partial charge in [-0.2, -0.15) is 0 Å². The van der Waals surface area contributed by atoms with E-state index in [2.05, 4.69) is 0 Å². The summed E-state index contributed by atoms with van der Waals surface area (Å²) in [4.78, 5) is 11.9. The number of rotatable bonds is 5. The van der Waals surface area contributed by atoms with E-state index in [0.717, 1.165) is 0 Å². The first-order valence-electron chi connectivity index (χ1n) is 7.13. The predicted octanol–water partition coefficient (Wildman–Crippen LogP) is 0.271. The Bertz CT molecular complexity index is 527. The molecule has 0 fully saturated rings. The zero-order chi connectivity index (χ0) is 16.1. The van der Waals surface area contributed by atoms with Crippen molar-refractivity contribution < 1.29 is 29.6 Å². The highest BCUT2D eigenvalue weighted by Crippen LogP contribution is 2.23. The first kappa shape index (κ1) is 16.6. The topological polar surface area (TPSA) is 96.2 Å². The monoisotopic (exact) mass is 308 g/mol. The number of carbonyl (C=O) groups is 1. The molecule has 0 saturated heterocycles. The van der Waals surface area contributed by atoms with Crippen molar-refractivity contribution in [3.63, 3.8) is 0 Å². The highest BCUT2D eigenvalue weighted by molar-refractivity contribution is 5.89. The predicted molar refractivity (Wildman–Crippen MR) is 78.2 cm³/mol. The number of esters is 1. The van der Waals surface area contributed by atoms with Gasteiger partial charge in [-0.25, -0.2) is 4.79 Å². The van der Waals surface area contributed by atoms with Gasteiger partial charge < -0.3 is 24.8 Å². The lowest BCUT2D eigenvalue weighted by Crippen LogP contribution is -2.50. The van der Waals surface area contributed by atoms with Gasteiger partial charge in [0.15, 0.2) is 0 Å². The molecular weight excluding hydrogens is 288 g/mol. The Morgan fingerprint density at radius 1 is 1.14 bits per heavy atom. The molecule has 3 N–H and O–H groups in total. The normalized spacial score (nSPS) is 28.1. The molecule has 120 valence electrons. The zero-order valence-electron chi connectivity index (χ0n) is 12.3. The molecule has 6 nitrogen and oxygen atoms in total. The van der Waals surface area contributed by atoms with Crippen LogP contribution in [0.3, 0.4) is 0 Å². The van der Waals surface area contributed by atoms with E-state index in [1.807, 2.05) is 0 Å². The molecule has 1 aliphatic rings. The van der Waals surface area contributed by atoms with E-state index in [4.69, 9.17) is 9.47 Å². The second kappa shape index (κ2) is 7.51. The van der Waals surface area contributed by atoms with Crippen LogP contribution in [0, 0.1) is 0 Å². The van der Waals surface area contributed by atoms with Crippen molar-refractivity contribution in [1.82, 2.24) is 0 Å². The van der Waals surface area contributed by atoms with E-state index in [9.17, 15) is 20.1 Å². The summed E-state index contributed by atoms with van der Waals surface area (Å²) in [7, 11) is 0. The molecule has 6 heteroatoms. The van der Waals surface area contributed by atoms with Gasteiger partial charge in [-0.15, -0.1) is 0 Å². The third kappa shape index (κ3) is 3.72. The zero-order valence-corrected chi connectivity index (χ0v) is 12.3. The quantitative estimate of drug-likeness (QED) is 0.534. The molecule has 1 aromatic carbocycles. The van der Waals surface area contributed by atoms with Gasteiger partial charge in [-0.1, -0.05) is 18.2 Å². The molecule has 22 heavy (non-hydrogen) atoms. The summed E-state index contributed by atoms with van der Waals surface area (Å²) in [5.74, 6) is -0.526. The number of ether oxygens (including phenoxy) is 2. The lowest BCUT2D eigenvalue weighted by Gasteiger charge is -2.34. The Morgan fingerprint density at radius 2 is 1.82 bits per heavy atom. The number of carbonyl (C=O) groups excluding carboxylic acids is 1. The van der Waals surface area contributed by atoms with Crippen LogP contribution in [0.2, 0.25) is 0 Å². The molecule has 1 aromatic rings. The smallest absolute Gasteiger partial charge is 0.338 e. The molecule has 0 amide bonds. The summed E-state index contributed by atoms with van der Waals surface area (Å²) < 4.78 is 10.4. The average Bonchev–Trinajstić information content (AvgIpc) is 2.55. The summed E-state index contributed by atoms with van der Waals surface area (Å²) in [5.41, 5.74) is 0.705. The number of aliphatic hydroxyl groups excluding tert-OH is 3. The largest absolute Gasteiger partial charge is 0.457 e. The van der Waals surface area contributed by atoms with Crippen LogP contribution < -0.4 is 0 Å². The SMILES string of the molecule is CCO[C@@H]1C=C(COC(=O)c2ccccc2)[C@@H](O)[C@H](O)[C@H]1O. The van der Waals surface area contributed by atoms with Crippen molar-refractivity contribution in [2.45, 2.75) is 31.3 Å². The van der Waals surface area contributed by atoms with Crippen LogP contribution >= 0.6 is 0 Å². The minimum atomic E-state index is -1.38. The molecule has 0 aliphatic heterocycles. The molecule has 1 aliphatic carbocycles. The Morgan fingerprint density at radius 3 is 2.45 bits per heavy atom. The molecule has 0 bridgehead atoms. The van der Waals surface area contributed by atoms with Gasteiger partial charge in [0.05, 0.1) is 5.56 Å². The summed E-state index contributed by atoms with van der Waals surface area (Å²) in [6.07, 6.45) is -3.15. The molecule has 0 unspecified atom stereocenters. The summed E-state index contributed by atoms with van der Waals surface area (Å²) in [6.45, 7) is 1.92. The molecule has 4 atom stereocenters. The van der Waals surface area contributed by atoms with Crippen molar-refractivity contribution in [2.24, 2.45) is 0 Å². The van der Waals surface area contributed by atoms with Crippen LogP contribution in [0.5, 0.6) is 0 Å². The molecule has 0 radical (unpaired) electrons. The van der Waals surface area contributed by atoms with Crippen molar-refractivity contribution in [2.75, 3.05) is 13.2 Å². The number of hydrogen-bond acceptors (Lipinski definition) is 6. The molecule has 0 spiro atoms. The van der Waals surface area contributed by atoms with Crippen LogP contribution in [0.15, 0.2) is 42.0 Å². The van der Waals surface area contributed by atoms with E-state index in [-0.39, 0.29) is 6.61 Å². The molecule has 0 heterocycles. The van der Waals surface area contributed by atoms with E-state index in [0.29, 0.717) is 17.7 Å². The van der Waals surface area contributed by atoms with E-state index < -0.39 is 30.4 Å². The maximum absolute atomic E-state index is 11.9. The van der Waals surface area contributed by atoms with Gasteiger partial charge in [-0.05, 0) is 30.7 Å². The van der Waals surface area contributed by atoms with Crippen LogP contribution in [0.25, 0.3) is 0 Å². The number of hydrogen-bond donors (Lipinski definition) is 3. The minimum absolute atomic E-state index is 0.178. The second-order valence-electron chi connectivity index (χ2n) is 5.03. The first-order valence-corrected chi connectivity index (χ1v) is 7.13. The fourth-order valence-electron chi connectivity index (χ4n) is 2.29. The van der Waals surface area contributed by atoms with E-state index >= 15 is 0 Å². The van der Waals surface area contributed by atoms with E-state index in [1.165, 1.54) is 6.08 Å². The number of aliphatic hydroxyl groups is 3. The van der Waals surface area contributed by atoms with Gasteiger partial charge in [0, 0.05) is 6.61 Å². The minimum Gasteiger partial charge on any atom is -0.457 e. The van der Waals surface area contributed by atoms with Crippen LogP contribution in [0.4, 0.5) is 0 Å².